The number of hydrogen-bond donors (Lipinski definition) is 1. The minimum absolute atomic E-state index is 0.0766. The van der Waals surface area contributed by atoms with Crippen LogP contribution in [0.15, 0.2) is 24.3 Å². The number of anilines is 1. The third-order valence-corrected chi connectivity index (χ3v) is 5.61. The van der Waals surface area contributed by atoms with Crippen molar-refractivity contribution < 1.29 is 4.79 Å². The van der Waals surface area contributed by atoms with Gasteiger partial charge in [0.1, 0.15) is 5.82 Å². The Hall–Kier alpha value is -1.66. The summed E-state index contributed by atoms with van der Waals surface area (Å²) in [6.45, 7) is 11.1. The largest absolute Gasteiger partial charge is 0.353 e. The van der Waals surface area contributed by atoms with Gasteiger partial charge in [-0.05, 0) is 44.4 Å². The SMILES string of the molecule is CC(C)[C@H](C)NC(=O)CCN(c1nc(Cc2ccc(Cl)cc2)ns1)C(C)C. The van der Waals surface area contributed by atoms with E-state index in [1.165, 1.54) is 11.5 Å². The first-order valence-electron chi connectivity index (χ1n) is 9.39. The Morgan fingerprint density at radius 2 is 1.85 bits per heavy atom. The predicted octanol–water partition coefficient (Wildman–Crippen LogP) is 4.55. The van der Waals surface area contributed by atoms with E-state index in [0.717, 1.165) is 21.5 Å². The third kappa shape index (κ3) is 6.78. The zero-order valence-corrected chi connectivity index (χ0v) is 18.3. The number of carbonyl (C=O) groups excluding carboxylic acids is 1. The number of benzene rings is 1. The molecule has 1 heterocycles. The van der Waals surface area contributed by atoms with E-state index in [1.807, 2.05) is 31.2 Å². The molecule has 1 N–H and O–H groups in total. The van der Waals surface area contributed by atoms with Gasteiger partial charge in [0, 0.05) is 48.0 Å². The molecule has 0 unspecified atom stereocenters. The maximum atomic E-state index is 12.2. The summed E-state index contributed by atoms with van der Waals surface area (Å²) in [7, 11) is 0. The van der Waals surface area contributed by atoms with Crippen LogP contribution in [-0.2, 0) is 11.2 Å². The first kappa shape index (κ1) is 21.6. The van der Waals surface area contributed by atoms with Crippen LogP contribution in [0, 0.1) is 5.92 Å². The second-order valence-electron chi connectivity index (χ2n) is 7.43. The summed E-state index contributed by atoms with van der Waals surface area (Å²) in [6, 6.07) is 8.16. The van der Waals surface area contributed by atoms with Crippen molar-refractivity contribution in [3.8, 4) is 0 Å². The fourth-order valence-corrected chi connectivity index (χ4v) is 3.48. The van der Waals surface area contributed by atoms with Crippen LogP contribution in [0.5, 0.6) is 0 Å². The summed E-state index contributed by atoms with van der Waals surface area (Å²) in [5.41, 5.74) is 1.13. The van der Waals surface area contributed by atoms with Gasteiger partial charge in [-0.25, -0.2) is 4.98 Å². The Labute approximate surface area is 171 Å². The molecule has 0 saturated heterocycles. The van der Waals surface area contributed by atoms with Crippen LogP contribution in [0.25, 0.3) is 0 Å². The van der Waals surface area contributed by atoms with E-state index in [1.54, 1.807) is 0 Å². The number of rotatable bonds is 9. The molecule has 2 rings (SSSR count). The number of halogens is 1. The van der Waals surface area contributed by atoms with Crippen molar-refractivity contribution in [3.63, 3.8) is 0 Å². The van der Waals surface area contributed by atoms with Gasteiger partial charge in [-0.2, -0.15) is 4.37 Å². The van der Waals surface area contributed by atoms with Crippen LogP contribution in [0.1, 0.15) is 52.4 Å². The van der Waals surface area contributed by atoms with Crippen molar-refractivity contribution in [2.45, 2.75) is 59.5 Å². The molecule has 1 atom stereocenters. The molecule has 0 spiro atoms. The molecule has 148 valence electrons. The van der Waals surface area contributed by atoms with Crippen molar-refractivity contribution in [2.24, 2.45) is 5.92 Å². The Kier molecular flexibility index (Phi) is 8.05. The second-order valence-corrected chi connectivity index (χ2v) is 8.60. The summed E-state index contributed by atoms with van der Waals surface area (Å²) in [5.74, 6) is 1.29. The van der Waals surface area contributed by atoms with Gasteiger partial charge in [0.2, 0.25) is 11.0 Å². The van der Waals surface area contributed by atoms with E-state index in [9.17, 15) is 4.79 Å². The van der Waals surface area contributed by atoms with Gasteiger partial charge in [-0.15, -0.1) is 0 Å². The smallest absolute Gasteiger partial charge is 0.221 e. The fraction of sp³-hybridized carbons (Fsp3) is 0.550. The highest BCUT2D eigenvalue weighted by atomic mass is 35.5. The summed E-state index contributed by atoms with van der Waals surface area (Å²) in [4.78, 5) is 19.0. The molecule has 0 fully saturated rings. The van der Waals surface area contributed by atoms with Crippen LogP contribution in [-0.4, -0.2) is 33.9 Å². The van der Waals surface area contributed by atoms with Crippen molar-refractivity contribution in [2.75, 3.05) is 11.4 Å². The van der Waals surface area contributed by atoms with E-state index in [2.05, 4.69) is 47.3 Å². The van der Waals surface area contributed by atoms with Crippen molar-refractivity contribution >= 4 is 34.2 Å². The molecule has 1 aromatic carbocycles. The molecular formula is C20H29ClN4OS. The number of carbonyl (C=O) groups is 1. The zero-order valence-electron chi connectivity index (χ0n) is 16.7. The van der Waals surface area contributed by atoms with Gasteiger partial charge in [0.15, 0.2) is 0 Å². The molecule has 0 radical (unpaired) electrons. The number of nitrogens with one attached hydrogen (secondary N) is 1. The lowest BCUT2D eigenvalue weighted by Crippen LogP contribution is -2.39. The summed E-state index contributed by atoms with van der Waals surface area (Å²) < 4.78 is 4.49. The Morgan fingerprint density at radius 1 is 1.19 bits per heavy atom. The molecule has 0 bridgehead atoms. The highest BCUT2D eigenvalue weighted by Gasteiger charge is 2.18. The third-order valence-electron chi connectivity index (χ3n) is 4.57. The maximum Gasteiger partial charge on any atom is 0.221 e. The van der Waals surface area contributed by atoms with Crippen molar-refractivity contribution in [1.82, 2.24) is 14.7 Å². The quantitative estimate of drug-likeness (QED) is 0.661. The van der Waals surface area contributed by atoms with Gasteiger partial charge in [-0.3, -0.25) is 4.79 Å². The van der Waals surface area contributed by atoms with Gasteiger partial charge >= 0.3 is 0 Å². The van der Waals surface area contributed by atoms with Crippen LogP contribution < -0.4 is 10.2 Å². The molecular weight excluding hydrogens is 380 g/mol. The molecule has 2 aromatic rings. The molecule has 5 nitrogen and oxygen atoms in total. The highest BCUT2D eigenvalue weighted by molar-refractivity contribution is 7.09. The van der Waals surface area contributed by atoms with Crippen LogP contribution >= 0.6 is 23.1 Å². The van der Waals surface area contributed by atoms with Gasteiger partial charge < -0.3 is 10.2 Å². The minimum Gasteiger partial charge on any atom is -0.353 e. The lowest BCUT2D eigenvalue weighted by molar-refractivity contribution is -0.121. The van der Waals surface area contributed by atoms with Gasteiger partial charge in [0.05, 0.1) is 0 Å². The normalized spacial score (nSPS) is 12.4. The average Bonchev–Trinajstić information content (AvgIpc) is 3.04. The molecule has 0 aliphatic heterocycles. The number of aromatic nitrogens is 2. The van der Waals surface area contributed by atoms with Crippen LogP contribution in [0.3, 0.4) is 0 Å². The molecule has 1 aromatic heterocycles. The summed E-state index contributed by atoms with van der Waals surface area (Å²) >= 11 is 7.32. The first-order chi connectivity index (χ1) is 12.8. The topological polar surface area (TPSA) is 58.1 Å². The first-order valence-corrected chi connectivity index (χ1v) is 10.5. The number of nitrogens with zero attached hydrogens (tertiary/aromatic N) is 3. The van der Waals surface area contributed by atoms with Gasteiger partial charge in [-0.1, -0.05) is 37.6 Å². The molecule has 7 heteroatoms. The lowest BCUT2D eigenvalue weighted by Gasteiger charge is -2.26. The monoisotopic (exact) mass is 408 g/mol. The Bertz CT molecular complexity index is 730. The van der Waals surface area contributed by atoms with E-state index < -0.39 is 0 Å². The highest BCUT2D eigenvalue weighted by Crippen LogP contribution is 2.22. The van der Waals surface area contributed by atoms with E-state index in [-0.39, 0.29) is 18.0 Å². The maximum absolute atomic E-state index is 12.2. The van der Waals surface area contributed by atoms with Crippen molar-refractivity contribution in [3.05, 3.63) is 40.7 Å². The molecule has 0 saturated carbocycles. The average molecular weight is 409 g/mol. The van der Waals surface area contributed by atoms with Crippen molar-refractivity contribution in [1.29, 1.82) is 0 Å². The molecule has 27 heavy (non-hydrogen) atoms. The summed E-state index contributed by atoms with van der Waals surface area (Å²) in [5, 5.41) is 4.64. The van der Waals surface area contributed by atoms with Gasteiger partial charge in [0.25, 0.3) is 0 Å². The second kappa shape index (κ2) is 10.0. The standard InChI is InChI=1S/C20H29ClN4OS/c1-13(2)15(5)22-19(26)10-11-25(14(3)4)20-23-18(24-27-20)12-16-6-8-17(21)9-7-16/h6-9,13-15H,10-12H2,1-5H3,(H,22,26)/t15-/m0/s1. The molecule has 0 aliphatic rings. The zero-order chi connectivity index (χ0) is 20.0. The van der Waals surface area contributed by atoms with E-state index >= 15 is 0 Å². The Balaban J connectivity index is 1.97. The predicted molar refractivity (Wildman–Crippen MR) is 114 cm³/mol. The van der Waals surface area contributed by atoms with Crippen LogP contribution in [0.4, 0.5) is 5.13 Å². The van der Waals surface area contributed by atoms with Crippen LogP contribution in [0.2, 0.25) is 5.02 Å². The summed E-state index contributed by atoms with van der Waals surface area (Å²) in [6.07, 6.45) is 1.12. The lowest BCUT2D eigenvalue weighted by atomic mass is 10.1. The fourth-order valence-electron chi connectivity index (χ4n) is 2.51. The number of hydrogen-bond acceptors (Lipinski definition) is 5. The molecule has 0 aliphatic carbocycles. The van der Waals surface area contributed by atoms with E-state index in [0.29, 0.717) is 25.3 Å². The minimum atomic E-state index is 0.0766. The molecule has 1 amide bonds. The number of amides is 1. The Morgan fingerprint density at radius 3 is 2.44 bits per heavy atom. The van der Waals surface area contributed by atoms with E-state index in [4.69, 9.17) is 11.6 Å².